The van der Waals surface area contributed by atoms with E-state index in [1.54, 1.807) is 23.1 Å². The summed E-state index contributed by atoms with van der Waals surface area (Å²) >= 11 is 3.28. The van der Waals surface area contributed by atoms with Gasteiger partial charge in [-0.3, -0.25) is 5.41 Å². The van der Waals surface area contributed by atoms with Gasteiger partial charge < -0.3 is 5.73 Å². The van der Waals surface area contributed by atoms with Crippen LogP contribution in [0.1, 0.15) is 17.8 Å². The molecule has 1 aromatic rings. The molecule has 0 saturated carbocycles. The lowest BCUT2D eigenvalue weighted by Crippen LogP contribution is -2.08. The van der Waals surface area contributed by atoms with Crippen LogP contribution in [0, 0.1) is 12.3 Å². The molecule has 72 valence electrons. The molecule has 0 aliphatic heterocycles. The van der Waals surface area contributed by atoms with Crippen LogP contribution in [-0.4, -0.2) is 21.8 Å². The number of nitrogens with two attached hydrogens (primary N) is 1. The van der Waals surface area contributed by atoms with Crippen molar-refractivity contribution in [1.82, 2.24) is 10.2 Å². The van der Waals surface area contributed by atoms with E-state index in [-0.39, 0.29) is 5.84 Å². The second kappa shape index (κ2) is 5.18. The summed E-state index contributed by atoms with van der Waals surface area (Å²) < 4.78 is 1.00. The van der Waals surface area contributed by atoms with Crippen molar-refractivity contribution >= 4 is 28.9 Å². The van der Waals surface area contributed by atoms with Crippen molar-refractivity contribution in [2.45, 2.75) is 24.1 Å². The Balaban J connectivity index is 2.16. The van der Waals surface area contributed by atoms with Gasteiger partial charge in [0.1, 0.15) is 5.01 Å². The number of aromatic nitrogens is 2. The van der Waals surface area contributed by atoms with Gasteiger partial charge in [0, 0.05) is 12.2 Å². The fourth-order valence-electron chi connectivity index (χ4n) is 0.759. The number of hydrogen-bond acceptors (Lipinski definition) is 5. The van der Waals surface area contributed by atoms with E-state index in [1.807, 2.05) is 6.92 Å². The summed E-state index contributed by atoms with van der Waals surface area (Å²) in [6.45, 7) is 1.94. The van der Waals surface area contributed by atoms with Crippen LogP contribution in [0.4, 0.5) is 0 Å². The van der Waals surface area contributed by atoms with E-state index < -0.39 is 0 Å². The minimum atomic E-state index is 0.258. The molecule has 6 heteroatoms. The van der Waals surface area contributed by atoms with E-state index in [0.717, 1.165) is 21.5 Å². The molecule has 0 aromatic carbocycles. The van der Waals surface area contributed by atoms with E-state index in [2.05, 4.69) is 10.2 Å². The van der Waals surface area contributed by atoms with Crippen molar-refractivity contribution in [2.24, 2.45) is 5.73 Å². The lowest BCUT2D eigenvalue weighted by atomic mass is 10.3. The van der Waals surface area contributed by atoms with Crippen molar-refractivity contribution in [3.8, 4) is 0 Å². The number of aryl methyl sites for hydroxylation is 1. The Labute approximate surface area is 85.5 Å². The average molecular weight is 216 g/mol. The maximum atomic E-state index is 7.02. The maximum Gasteiger partial charge on any atom is 0.174 e. The van der Waals surface area contributed by atoms with Gasteiger partial charge in [-0.1, -0.05) is 23.1 Å². The monoisotopic (exact) mass is 216 g/mol. The second-order valence-electron chi connectivity index (χ2n) is 2.56. The third-order valence-electron chi connectivity index (χ3n) is 1.32. The standard InChI is InChI=1S/C7H12N4S2/c1-5-10-11-7(13-5)12-4-2-3-6(8)9/h2-4H2,1H3,(H3,8,9). The number of nitrogens with one attached hydrogen (secondary N) is 1. The highest BCUT2D eigenvalue weighted by Gasteiger charge is 2.00. The molecule has 1 heterocycles. The fourth-order valence-corrected chi connectivity index (χ4v) is 2.58. The molecule has 0 aliphatic carbocycles. The Morgan fingerprint density at radius 3 is 2.92 bits per heavy atom. The van der Waals surface area contributed by atoms with Crippen LogP contribution in [0.5, 0.6) is 0 Å². The first-order valence-electron chi connectivity index (χ1n) is 3.94. The molecule has 0 unspecified atom stereocenters. The SMILES string of the molecule is Cc1nnc(SCCCC(=N)N)s1. The van der Waals surface area contributed by atoms with Gasteiger partial charge in [-0.2, -0.15) is 0 Å². The van der Waals surface area contributed by atoms with Gasteiger partial charge in [0.15, 0.2) is 4.34 Å². The van der Waals surface area contributed by atoms with Crippen molar-refractivity contribution < 1.29 is 0 Å². The summed E-state index contributed by atoms with van der Waals surface area (Å²) in [7, 11) is 0. The smallest absolute Gasteiger partial charge is 0.174 e. The minimum Gasteiger partial charge on any atom is -0.388 e. The van der Waals surface area contributed by atoms with Crippen molar-refractivity contribution in [3.05, 3.63) is 5.01 Å². The minimum absolute atomic E-state index is 0.258. The second-order valence-corrected chi connectivity index (χ2v) is 5.09. The Hall–Kier alpha value is -0.620. The van der Waals surface area contributed by atoms with Gasteiger partial charge in [-0.15, -0.1) is 10.2 Å². The molecule has 0 aliphatic rings. The van der Waals surface area contributed by atoms with Crippen LogP contribution < -0.4 is 5.73 Å². The molecule has 0 saturated heterocycles. The van der Waals surface area contributed by atoms with E-state index in [4.69, 9.17) is 11.1 Å². The molecule has 0 fully saturated rings. The van der Waals surface area contributed by atoms with Crippen LogP contribution in [0.25, 0.3) is 0 Å². The van der Waals surface area contributed by atoms with E-state index in [9.17, 15) is 0 Å². The number of rotatable bonds is 5. The molecule has 3 N–H and O–H groups in total. The number of amidine groups is 1. The Bertz CT molecular complexity index is 284. The van der Waals surface area contributed by atoms with E-state index >= 15 is 0 Å². The number of thioether (sulfide) groups is 1. The molecular weight excluding hydrogens is 204 g/mol. The fraction of sp³-hybridized carbons (Fsp3) is 0.571. The van der Waals surface area contributed by atoms with Crippen LogP contribution in [0.3, 0.4) is 0 Å². The largest absolute Gasteiger partial charge is 0.388 e. The lowest BCUT2D eigenvalue weighted by molar-refractivity contribution is 0.967. The molecule has 0 atom stereocenters. The van der Waals surface area contributed by atoms with Crippen LogP contribution in [-0.2, 0) is 0 Å². The van der Waals surface area contributed by atoms with Crippen molar-refractivity contribution in [3.63, 3.8) is 0 Å². The zero-order chi connectivity index (χ0) is 9.68. The summed E-state index contributed by atoms with van der Waals surface area (Å²) in [5, 5.41) is 15.9. The quantitative estimate of drug-likeness (QED) is 0.340. The topological polar surface area (TPSA) is 75.7 Å². The summed E-state index contributed by atoms with van der Waals surface area (Å²) in [5.74, 6) is 1.21. The highest BCUT2D eigenvalue weighted by atomic mass is 32.2. The molecule has 1 rings (SSSR count). The maximum absolute atomic E-state index is 7.02. The summed E-state index contributed by atoms with van der Waals surface area (Å²) in [5.41, 5.74) is 5.22. The zero-order valence-electron chi connectivity index (χ0n) is 7.41. The zero-order valence-corrected chi connectivity index (χ0v) is 9.04. The van der Waals surface area contributed by atoms with Gasteiger partial charge in [-0.25, -0.2) is 0 Å². The Morgan fingerprint density at radius 1 is 1.62 bits per heavy atom. The number of nitrogens with zero attached hydrogens (tertiary/aromatic N) is 2. The van der Waals surface area contributed by atoms with Crippen LogP contribution >= 0.6 is 23.1 Å². The highest BCUT2D eigenvalue weighted by Crippen LogP contribution is 2.22. The summed E-state index contributed by atoms with van der Waals surface area (Å²) in [6.07, 6.45) is 1.60. The summed E-state index contributed by atoms with van der Waals surface area (Å²) in [4.78, 5) is 0. The van der Waals surface area contributed by atoms with Crippen molar-refractivity contribution in [2.75, 3.05) is 5.75 Å². The van der Waals surface area contributed by atoms with Gasteiger partial charge in [-0.05, 0) is 13.3 Å². The van der Waals surface area contributed by atoms with Gasteiger partial charge in [0.2, 0.25) is 0 Å². The van der Waals surface area contributed by atoms with Gasteiger partial charge in [0.05, 0.1) is 5.84 Å². The third kappa shape index (κ3) is 4.23. The first-order chi connectivity index (χ1) is 6.18. The highest BCUT2D eigenvalue weighted by molar-refractivity contribution is 8.01. The Morgan fingerprint density at radius 2 is 2.38 bits per heavy atom. The molecule has 0 amide bonds. The Kier molecular flexibility index (Phi) is 4.17. The molecule has 0 spiro atoms. The summed E-state index contributed by atoms with van der Waals surface area (Å²) in [6, 6.07) is 0. The predicted octanol–water partition coefficient (Wildman–Crippen LogP) is 1.65. The molecule has 4 nitrogen and oxygen atoms in total. The molecule has 0 radical (unpaired) electrons. The van der Waals surface area contributed by atoms with Gasteiger partial charge >= 0.3 is 0 Å². The molecule has 13 heavy (non-hydrogen) atoms. The molecule has 1 aromatic heterocycles. The number of hydrogen-bond donors (Lipinski definition) is 2. The van der Waals surface area contributed by atoms with Crippen LogP contribution in [0.15, 0.2) is 4.34 Å². The normalized spacial score (nSPS) is 10.2. The predicted molar refractivity (Wildman–Crippen MR) is 56.5 cm³/mol. The van der Waals surface area contributed by atoms with E-state index in [1.165, 1.54) is 0 Å². The van der Waals surface area contributed by atoms with Gasteiger partial charge in [0.25, 0.3) is 0 Å². The third-order valence-corrected chi connectivity index (χ3v) is 3.38. The van der Waals surface area contributed by atoms with E-state index in [0.29, 0.717) is 6.42 Å². The first-order valence-corrected chi connectivity index (χ1v) is 5.74. The molecular formula is C7H12N4S2. The lowest BCUT2D eigenvalue weighted by Gasteiger charge is -1.95. The average Bonchev–Trinajstić information content (AvgIpc) is 2.45. The molecule has 0 bridgehead atoms. The van der Waals surface area contributed by atoms with Crippen LogP contribution in [0.2, 0.25) is 0 Å². The first kappa shape index (κ1) is 10.5. The van der Waals surface area contributed by atoms with Crippen molar-refractivity contribution in [1.29, 1.82) is 5.41 Å².